The van der Waals surface area contributed by atoms with Crippen molar-refractivity contribution in [2.45, 2.75) is 105 Å². The predicted octanol–water partition coefficient (Wildman–Crippen LogP) is 6.46. The molecule has 4 N–H and O–H groups in total. The highest BCUT2D eigenvalue weighted by Crippen LogP contribution is 2.29. The third kappa shape index (κ3) is 9.28. The predicted molar refractivity (Wildman–Crippen MR) is 160 cm³/mol. The fraction of sp³-hybridized carbons (Fsp3) is 0.613. The molecule has 1 saturated heterocycles. The third-order valence-corrected chi connectivity index (χ3v) is 7.41. The van der Waals surface area contributed by atoms with Gasteiger partial charge < -0.3 is 15.1 Å². The van der Waals surface area contributed by atoms with Crippen LogP contribution in [0.15, 0.2) is 40.3 Å². The summed E-state index contributed by atoms with van der Waals surface area (Å²) in [5.74, 6) is 7.61. The zero-order chi connectivity index (χ0) is 27.9. The van der Waals surface area contributed by atoms with E-state index in [1.54, 1.807) is 10.8 Å². The van der Waals surface area contributed by atoms with Crippen LogP contribution in [0.4, 0.5) is 0 Å². The van der Waals surface area contributed by atoms with E-state index in [2.05, 4.69) is 68.6 Å². The largest absolute Gasteiger partial charge is 0.411 e. The van der Waals surface area contributed by atoms with Crippen LogP contribution in [0.25, 0.3) is 0 Å². The zero-order valence-electron chi connectivity index (χ0n) is 24.4. The van der Waals surface area contributed by atoms with Crippen LogP contribution in [-0.4, -0.2) is 28.9 Å². The van der Waals surface area contributed by atoms with Crippen molar-refractivity contribution in [1.29, 1.82) is 0 Å². The van der Waals surface area contributed by atoms with Crippen LogP contribution in [0.2, 0.25) is 0 Å². The molecule has 7 nitrogen and oxygen atoms in total. The molecule has 3 rings (SSSR count). The van der Waals surface area contributed by atoms with Gasteiger partial charge in [0.2, 0.25) is 0 Å². The summed E-state index contributed by atoms with van der Waals surface area (Å²) in [4.78, 5) is 25.4. The van der Waals surface area contributed by atoms with Crippen molar-refractivity contribution in [3.8, 4) is 5.75 Å². The fourth-order valence-electron chi connectivity index (χ4n) is 5.09. The molecular weight excluding hydrogens is 474 g/mol. The van der Waals surface area contributed by atoms with Crippen molar-refractivity contribution in [3.63, 3.8) is 0 Å². The van der Waals surface area contributed by atoms with Crippen LogP contribution in [0.5, 0.6) is 5.75 Å². The van der Waals surface area contributed by atoms with Gasteiger partial charge in [0.1, 0.15) is 0 Å². The molecule has 0 radical (unpaired) electrons. The Hall–Kier alpha value is -2.64. The molecule has 1 aromatic heterocycles. The highest BCUT2D eigenvalue weighted by Gasteiger charge is 2.17. The molecule has 1 aliphatic rings. The van der Waals surface area contributed by atoms with Crippen molar-refractivity contribution < 1.29 is 4.84 Å². The second kappa shape index (κ2) is 17.0. The van der Waals surface area contributed by atoms with Crippen molar-refractivity contribution in [2.24, 2.45) is 16.8 Å². The third-order valence-electron chi connectivity index (χ3n) is 7.41. The van der Waals surface area contributed by atoms with Crippen molar-refractivity contribution in [3.05, 3.63) is 63.5 Å². The number of aliphatic imine (C=N–C) groups is 1. The van der Waals surface area contributed by atoms with E-state index in [-0.39, 0.29) is 5.69 Å². The first-order chi connectivity index (χ1) is 18.4. The van der Waals surface area contributed by atoms with E-state index >= 15 is 0 Å². The SMILES string of the molecule is C=C(CCC)N=Cc1[nH]c(=O)n(Cc2cc(C(CC)CCC)ccc2ON)c1CCC.CC[C@@H]1CCNC1. The summed E-state index contributed by atoms with van der Waals surface area (Å²) in [5, 5.41) is 3.32. The van der Waals surface area contributed by atoms with Crippen molar-refractivity contribution in [2.75, 3.05) is 13.1 Å². The number of imidazole rings is 1. The highest BCUT2D eigenvalue weighted by atomic mass is 16.6. The smallest absolute Gasteiger partial charge is 0.326 e. The van der Waals surface area contributed by atoms with Gasteiger partial charge in [-0.15, -0.1) is 0 Å². The molecule has 2 heterocycles. The Morgan fingerprint density at radius 2 is 2.03 bits per heavy atom. The van der Waals surface area contributed by atoms with E-state index < -0.39 is 0 Å². The maximum atomic E-state index is 12.8. The minimum absolute atomic E-state index is 0.153. The zero-order valence-corrected chi connectivity index (χ0v) is 24.4. The number of aromatic amines is 1. The number of nitrogens with zero attached hydrogens (tertiary/aromatic N) is 2. The molecule has 212 valence electrons. The average molecular weight is 526 g/mol. The second-order valence-electron chi connectivity index (χ2n) is 10.3. The molecule has 0 bridgehead atoms. The monoisotopic (exact) mass is 525 g/mol. The number of rotatable bonds is 14. The Bertz CT molecular complexity index is 1060. The molecule has 7 heteroatoms. The number of nitrogens with one attached hydrogen (secondary N) is 2. The van der Waals surface area contributed by atoms with Crippen LogP contribution in [0.1, 0.15) is 114 Å². The minimum Gasteiger partial charge on any atom is -0.411 e. The van der Waals surface area contributed by atoms with Crippen LogP contribution >= 0.6 is 0 Å². The van der Waals surface area contributed by atoms with E-state index in [0.717, 1.165) is 73.5 Å². The summed E-state index contributed by atoms with van der Waals surface area (Å²) in [7, 11) is 0. The summed E-state index contributed by atoms with van der Waals surface area (Å²) in [5.41, 5.74) is 4.51. The molecule has 0 saturated carbocycles. The number of hydrogen-bond acceptors (Lipinski definition) is 5. The molecule has 1 unspecified atom stereocenters. The molecule has 1 aliphatic heterocycles. The lowest BCUT2D eigenvalue weighted by atomic mass is 9.91. The Kier molecular flexibility index (Phi) is 14.2. The van der Waals surface area contributed by atoms with Crippen LogP contribution in [0.3, 0.4) is 0 Å². The molecule has 1 fully saturated rings. The first-order valence-corrected chi connectivity index (χ1v) is 14.7. The van der Waals surface area contributed by atoms with Crippen LogP contribution in [-0.2, 0) is 13.0 Å². The first-order valence-electron chi connectivity index (χ1n) is 14.7. The minimum atomic E-state index is -0.153. The van der Waals surface area contributed by atoms with Gasteiger partial charge in [-0.05, 0) is 74.7 Å². The Balaban J connectivity index is 0.000000624. The van der Waals surface area contributed by atoms with E-state index in [4.69, 9.17) is 10.7 Å². The van der Waals surface area contributed by atoms with Gasteiger partial charge >= 0.3 is 5.69 Å². The number of allylic oxidation sites excluding steroid dienone is 1. The summed E-state index contributed by atoms with van der Waals surface area (Å²) in [6.07, 6.45) is 11.3. The van der Waals surface area contributed by atoms with Gasteiger partial charge in [-0.2, -0.15) is 5.90 Å². The topological polar surface area (TPSA) is 97.4 Å². The second-order valence-corrected chi connectivity index (χ2v) is 10.3. The Morgan fingerprint density at radius 3 is 2.58 bits per heavy atom. The normalized spacial score (nSPS) is 15.9. The number of benzene rings is 1. The molecule has 2 atom stereocenters. The molecule has 38 heavy (non-hydrogen) atoms. The van der Waals surface area contributed by atoms with E-state index in [1.807, 2.05) is 6.07 Å². The summed E-state index contributed by atoms with van der Waals surface area (Å²) in [6, 6.07) is 6.13. The Morgan fingerprint density at radius 1 is 1.24 bits per heavy atom. The summed E-state index contributed by atoms with van der Waals surface area (Å²) in [6.45, 7) is 17.8. The van der Waals surface area contributed by atoms with Gasteiger partial charge in [0.25, 0.3) is 0 Å². The molecule has 2 aromatic rings. The van der Waals surface area contributed by atoms with Crippen LogP contribution in [0, 0.1) is 5.92 Å². The molecule has 0 amide bonds. The van der Waals surface area contributed by atoms with Gasteiger partial charge in [0, 0.05) is 17.0 Å². The van der Waals surface area contributed by atoms with Gasteiger partial charge in [-0.25, -0.2) is 4.79 Å². The van der Waals surface area contributed by atoms with Crippen molar-refractivity contribution >= 4 is 6.21 Å². The molecule has 0 aliphatic carbocycles. The number of H-pyrrole nitrogens is 1. The van der Waals surface area contributed by atoms with Gasteiger partial charge in [0.15, 0.2) is 5.75 Å². The van der Waals surface area contributed by atoms with E-state index in [9.17, 15) is 4.79 Å². The number of hydrogen-bond donors (Lipinski definition) is 3. The lowest BCUT2D eigenvalue weighted by Crippen LogP contribution is -2.20. The molecule has 0 spiro atoms. The lowest BCUT2D eigenvalue weighted by Gasteiger charge is -2.18. The maximum absolute atomic E-state index is 12.8. The summed E-state index contributed by atoms with van der Waals surface area (Å²) >= 11 is 0. The van der Waals surface area contributed by atoms with Gasteiger partial charge in [-0.3, -0.25) is 9.56 Å². The quantitative estimate of drug-likeness (QED) is 0.195. The van der Waals surface area contributed by atoms with E-state index in [1.165, 1.54) is 31.5 Å². The molecule has 1 aromatic carbocycles. The van der Waals surface area contributed by atoms with E-state index in [0.29, 0.717) is 18.2 Å². The number of aromatic nitrogens is 2. The summed E-state index contributed by atoms with van der Waals surface area (Å²) < 4.78 is 1.77. The maximum Gasteiger partial charge on any atom is 0.326 e. The lowest BCUT2D eigenvalue weighted by molar-refractivity contribution is 0.329. The Labute approximate surface area is 229 Å². The molecular formula is C31H51N5O2. The highest BCUT2D eigenvalue weighted by molar-refractivity contribution is 5.79. The average Bonchev–Trinajstić information content (AvgIpc) is 3.55. The van der Waals surface area contributed by atoms with Gasteiger partial charge in [0.05, 0.1) is 18.5 Å². The first kappa shape index (κ1) is 31.6. The van der Waals surface area contributed by atoms with Gasteiger partial charge in [-0.1, -0.05) is 72.9 Å². The number of nitrogens with two attached hydrogens (primary N) is 1. The van der Waals surface area contributed by atoms with Crippen LogP contribution < -0.4 is 21.7 Å². The van der Waals surface area contributed by atoms with Crippen molar-refractivity contribution in [1.82, 2.24) is 14.9 Å². The fourth-order valence-corrected chi connectivity index (χ4v) is 5.09. The standard InChI is InChI=1S/C25H38N4O2.C6H13N/c1-6-10-18(5)27-16-22-23(12-8-3)29(25(30)28-22)17-21-15-20(13-14-24(21)31-26)19(9-4)11-7-2;1-2-6-3-4-7-5-6/h13-16,19H,5-12,17,26H2,1-4H3,(H,28,30);6-7H,2-5H2,1H3/t;6-/m.1/s1.